The third-order valence-electron chi connectivity index (χ3n) is 6.07. The summed E-state index contributed by atoms with van der Waals surface area (Å²) in [6, 6.07) is 3.89. The quantitative estimate of drug-likeness (QED) is 0.568. The lowest BCUT2D eigenvalue weighted by Gasteiger charge is -2.19. The SMILES string of the molecule is COc1cc(Nc2ncc(C)c(-n3cc(C)c(CN4CCCNCC4)c3)n2)cc(C)c1OC. The molecule has 8 nitrogen and oxygen atoms in total. The van der Waals surface area contributed by atoms with E-state index in [-0.39, 0.29) is 0 Å². The molecule has 4 rings (SSSR count). The molecule has 0 spiro atoms. The zero-order chi connectivity index (χ0) is 23.4. The van der Waals surface area contributed by atoms with Gasteiger partial charge >= 0.3 is 0 Å². The first-order chi connectivity index (χ1) is 16.0. The van der Waals surface area contributed by atoms with Crippen molar-refractivity contribution >= 4 is 11.6 Å². The van der Waals surface area contributed by atoms with Crippen molar-refractivity contribution in [3.63, 3.8) is 0 Å². The van der Waals surface area contributed by atoms with E-state index in [1.165, 1.54) is 17.5 Å². The van der Waals surface area contributed by atoms with Gasteiger partial charge in [0.05, 0.1) is 14.2 Å². The molecule has 0 atom stereocenters. The number of nitrogens with one attached hydrogen (secondary N) is 2. The van der Waals surface area contributed by atoms with Crippen molar-refractivity contribution in [1.82, 2.24) is 24.8 Å². The number of nitrogens with zero attached hydrogens (tertiary/aromatic N) is 4. The normalized spacial score (nSPS) is 14.7. The number of methoxy groups -OCH3 is 2. The average molecular weight is 451 g/mol. The standard InChI is InChI=1S/C25H34N6O2/c1-17-11-21(12-22(32-4)23(17)33-5)28-25-27-13-18(2)24(29-25)31-14-19(3)20(16-31)15-30-9-6-7-26-8-10-30/h11-14,16,26H,6-10,15H2,1-5H3,(H,27,28,29). The third-order valence-corrected chi connectivity index (χ3v) is 6.07. The Bertz CT molecular complexity index is 1100. The molecule has 0 amide bonds. The Balaban J connectivity index is 1.57. The zero-order valence-corrected chi connectivity index (χ0v) is 20.2. The Morgan fingerprint density at radius 2 is 1.85 bits per heavy atom. The number of aryl methyl sites for hydroxylation is 3. The highest BCUT2D eigenvalue weighted by atomic mass is 16.5. The van der Waals surface area contributed by atoms with Gasteiger partial charge in [-0.3, -0.25) is 4.90 Å². The molecule has 2 N–H and O–H groups in total. The molecule has 33 heavy (non-hydrogen) atoms. The fraction of sp³-hybridized carbons (Fsp3) is 0.440. The first-order valence-electron chi connectivity index (χ1n) is 11.4. The minimum atomic E-state index is 0.536. The molecule has 3 heterocycles. The van der Waals surface area contributed by atoms with Crippen LogP contribution in [0.5, 0.6) is 11.5 Å². The second kappa shape index (κ2) is 10.2. The molecule has 0 saturated carbocycles. The van der Waals surface area contributed by atoms with Crippen molar-refractivity contribution in [3.8, 4) is 17.3 Å². The maximum Gasteiger partial charge on any atom is 0.229 e. The van der Waals surface area contributed by atoms with Crippen molar-refractivity contribution in [2.24, 2.45) is 0 Å². The molecule has 0 aliphatic carbocycles. The molecule has 1 aromatic carbocycles. The van der Waals surface area contributed by atoms with Crippen LogP contribution in [0.25, 0.3) is 5.82 Å². The monoisotopic (exact) mass is 450 g/mol. The van der Waals surface area contributed by atoms with Crippen molar-refractivity contribution in [3.05, 3.63) is 53.0 Å². The highest BCUT2D eigenvalue weighted by molar-refractivity contribution is 5.63. The lowest BCUT2D eigenvalue weighted by atomic mass is 10.2. The second-order valence-electron chi connectivity index (χ2n) is 8.61. The number of hydrogen-bond donors (Lipinski definition) is 2. The zero-order valence-electron chi connectivity index (χ0n) is 20.2. The summed E-state index contributed by atoms with van der Waals surface area (Å²) in [6.45, 7) is 11.5. The lowest BCUT2D eigenvalue weighted by Crippen LogP contribution is -2.27. The van der Waals surface area contributed by atoms with Crippen LogP contribution in [0.3, 0.4) is 0 Å². The van der Waals surface area contributed by atoms with E-state index in [9.17, 15) is 0 Å². The minimum Gasteiger partial charge on any atom is -0.493 e. The van der Waals surface area contributed by atoms with Gasteiger partial charge in [-0.2, -0.15) is 4.98 Å². The van der Waals surface area contributed by atoms with E-state index in [1.807, 2.05) is 32.2 Å². The molecule has 0 unspecified atom stereocenters. The molecular weight excluding hydrogens is 416 g/mol. The highest BCUT2D eigenvalue weighted by Gasteiger charge is 2.15. The summed E-state index contributed by atoms with van der Waals surface area (Å²) >= 11 is 0. The Morgan fingerprint density at radius 1 is 1.00 bits per heavy atom. The predicted octanol–water partition coefficient (Wildman–Crippen LogP) is 3.75. The summed E-state index contributed by atoms with van der Waals surface area (Å²) in [6.07, 6.45) is 7.40. The van der Waals surface area contributed by atoms with E-state index in [2.05, 4.69) is 44.4 Å². The number of hydrogen-bond acceptors (Lipinski definition) is 7. The van der Waals surface area contributed by atoms with Gasteiger partial charge in [-0.25, -0.2) is 4.98 Å². The summed E-state index contributed by atoms with van der Waals surface area (Å²) in [5, 5.41) is 6.79. The molecule has 176 valence electrons. The summed E-state index contributed by atoms with van der Waals surface area (Å²) in [7, 11) is 3.28. The second-order valence-corrected chi connectivity index (χ2v) is 8.61. The maximum absolute atomic E-state index is 5.48. The van der Waals surface area contributed by atoms with Crippen LogP contribution in [-0.4, -0.2) is 59.8 Å². The Kier molecular flexibility index (Phi) is 7.15. The molecule has 0 bridgehead atoms. The molecule has 1 aliphatic heterocycles. The van der Waals surface area contributed by atoms with Crippen LogP contribution in [0.15, 0.2) is 30.7 Å². The minimum absolute atomic E-state index is 0.536. The van der Waals surface area contributed by atoms with E-state index in [4.69, 9.17) is 14.5 Å². The highest BCUT2D eigenvalue weighted by Crippen LogP contribution is 2.34. The van der Waals surface area contributed by atoms with Crippen LogP contribution in [-0.2, 0) is 6.54 Å². The smallest absolute Gasteiger partial charge is 0.229 e. The molecule has 1 fully saturated rings. The number of benzene rings is 1. The summed E-state index contributed by atoms with van der Waals surface area (Å²) < 4.78 is 13.0. The van der Waals surface area contributed by atoms with Gasteiger partial charge in [0.15, 0.2) is 11.5 Å². The maximum atomic E-state index is 5.48. The number of ether oxygens (including phenoxy) is 2. The van der Waals surface area contributed by atoms with Gasteiger partial charge in [-0.05, 0) is 63.0 Å². The van der Waals surface area contributed by atoms with Crippen molar-refractivity contribution in [1.29, 1.82) is 0 Å². The van der Waals surface area contributed by atoms with Crippen molar-refractivity contribution in [2.45, 2.75) is 33.7 Å². The average Bonchev–Trinajstić information content (AvgIpc) is 2.98. The molecule has 3 aromatic rings. The van der Waals surface area contributed by atoms with E-state index in [0.29, 0.717) is 11.7 Å². The third kappa shape index (κ3) is 5.29. The van der Waals surface area contributed by atoms with Gasteiger partial charge in [0, 0.05) is 55.5 Å². The summed E-state index contributed by atoms with van der Waals surface area (Å²) in [5.74, 6) is 2.80. The first kappa shape index (κ1) is 23.1. The van der Waals surface area contributed by atoms with Gasteiger partial charge < -0.3 is 24.7 Å². The molecule has 8 heteroatoms. The van der Waals surface area contributed by atoms with E-state index in [0.717, 1.165) is 61.1 Å². The molecular formula is C25H34N6O2. The van der Waals surface area contributed by atoms with Gasteiger partial charge in [0.25, 0.3) is 0 Å². The lowest BCUT2D eigenvalue weighted by molar-refractivity contribution is 0.284. The Morgan fingerprint density at radius 3 is 2.64 bits per heavy atom. The summed E-state index contributed by atoms with van der Waals surface area (Å²) in [4.78, 5) is 11.8. The topological polar surface area (TPSA) is 76.5 Å². The molecule has 0 radical (unpaired) electrons. The van der Waals surface area contributed by atoms with Crippen LogP contribution in [0, 0.1) is 20.8 Å². The fourth-order valence-corrected chi connectivity index (χ4v) is 4.30. The van der Waals surface area contributed by atoms with Gasteiger partial charge in [-0.1, -0.05) is 0 Å². The largest absolute Gasteiger partial charge is 0.493 e. The number of anilines is 2. The molecule has 1 saturated heterocycles. The number of rotatable bonds is 7. The molecule has 2 aromatic heterocycles. The van der Waals surface area contributed by atoms with Crippen molar-refractivity contribution < 1.29 is 9.47 Å². The Hall–Kier alpha value is -3.10. The Labute approximate surface area is 195 Å². The van der Waals surface area contributed by atoms with Crippen LogP contribution < -0.4 is 20.1 Å². The van der Waals surface area contributed by atoms with Crippen LogP contribution in [0.1, 0.15) is 28.7 Å². The predicted molar refractivity (Wildman–Crippen MR) is 131 cm³/mol. The fourth-order valence-electron chi connectivity index (χ4n) is 4.30. The van der Waals surface area contributed by atoms with Crippen LogP contribution >= 0.6 is 0 Å². The van der Waals surface area contributed by atoms with Crippen molar-refractivity contribution in [2.75, 3.05) is 45.7 Å². The van der Waals surface area contributed by atoms with Gasteiger partial charge in [-0.15, -0.1) is 0 Å². The number of aromatic nitrogens is 3. The summed E-state index contributed by atoms with van der Waals surface area (Å²) in [5.41, 5.74) is 5.44. The molecule has 1 aliphatic rings. The van der Waals surface area contributed by atoms with E-state index in [1.54, 1.807) is 14.2 Å². The van der Waals surface area contributed by atoms with Gasteiger partial charge in [0.2, 0.25) is 5.95 Å². The van der Waals surface area contributed by atoms with Gasteiger partial charge in [0.1, 0.15) is 5.82 Å². The van der Waals surface area contributed by atoms with Crippen LogP contribution in [0.4, 0.5) is 11.6 Å². The first-order valence-corrected chi connectivity index (χ1v) is 11.4. The van der Waals surface area contributed by atoms with Crippen LogP contribution in [0.2, 0.25) is 0 Å². The van der Waals surface area contributed by atoms with E-state index < -0.39 is 0 Å². The van der Waals surface area contributed by atoms with E-state index >= 15 is 0 Å².